The van der Waals surface area contributed by atoms with Crippen molar-refractivity contribution in [3.05, 3.63) is 34.1 Å². The highest BCUT2D eigenvalue weighted by atomic mass is 79.9. The van der Waals surface area contributed by atoms with E-state index in [2.05, 4.69) is 15.9 Å². The van der Waals surface area contributed by atoms with Crippen LogP contribution in [0.5, 0.6) is 0 Å². The Morgan fingerprint density at radius 1 is 1.50 bits per heavy atom. The zero-order valence-electron chi connectivity index (χ0n) is 9.21. The van der Waals surface area contributed by atoms with Gasteiger partial charge >= 0.3 is 5.97 Å². The van der Waals surface area contributed by atoms with Gasteiger partial charge in [0.2, 0.25) is 0 Å². The molecule has 0 aliphatic rings. The summed E-state index contributed by atoms with van der Waals surface area (Å²) >= 11 is 3.11. The number of carbonyl (C=O) groups is 1. The lowest BCUT2D eigenvalue weighted by Crippen LogP contribution is -2.19. The first-order chi connectivity index (χ1) is 7.41. The summed E-state index contributed by atoms with van der Waals surface area (Å²) in [7, 11) is 0. The smallest absolute Gasteiger partial charge is 0.306 e. The molecule has 0 aliphatic heterocycles. The van der Waals surface area contributed by atoms with Gasteiger partial charge in [-0.2, -0.15) is 0 Å². The van der Waals surface area contributed by atoms with E-state index in [1.54, 1.807) is 19.1 Å². The summed E-state index contributed by atoms with van der Waals surface area (Å²) in [4.78, 5) is 10.8. The van der Waals surface area contributed by atoms with Gasteiger partial charge in [0, 0.05) is 0 Å². The van der Waals surface area contributed by atoms with Gasteiger partial charge in [0.25, 0.3) is 0 Å². The van der Waals surface area contributed by atoms with E-state index in [-0.39, 0.29) is 11.7 Å². The highest BCUT2D eigenvalue weighted by molar-refractivity contribution is 9.10. The molecule has 2 nitrogen and oxygen atoms in total. The van der Waals surface area contributed by atoms with Crippen molar-refractivity contribution in [2.45, 2.75) is 20.3 Å². The third kappa shape index (κ3) is 3.30. The maximum absolute atomic E-state index is 13.0. The van der Waals surface area contributed by atoms with Crippen molar-refractivity contribution in [3.8, 4) is 0 Å². The standard InChI is InChI=1S/C12H14BrFO2/c1-7(8(2)12(15)16)5-9-3-4-11(14)10(13)6-9/h3-4,6-8H,5H2,1-2H3,(H,15,16). The lowest BCUT2D eigenvalue weighted by molar-refractivity contribution is -0.142. The SMILES string of the molecule is CC(Cc1ccc(F)c(Br)c1)C(C)C(=O)O. The number of aliphatic carboxylic acids is 1. The maximum Gasteiger partial charge on any atom is 0.306 e. The largest absolute Gasteiger partial charge is 0.481 e. The Hall–Kier alpha value is -0.900. The van der Waals surface area contributed by atoms with Gasteiger partial charge in [-0.1, -0.05) is 19.9 Å². The first kappa shape index (κ1) is 13.2. The molecule has 0 amide bonds. The first-order valence-corrected chi connectivity index (χ1v) is 5.88. The zero-order valence-corrected chi connectivity index (χ0v) is 10.8. The molecule has 0 bridgehead atoms. The van der Waals surface area contributed by atoms with Crippen LogP contribution in [0.15, 0.2) is 22.7 Å². The third-order valence-corrected chi connectivity index (χ3v) is 3.39. The topological polar surface area (TPSA) is 37.3 Å². The van der Waals surface area contributed by atoms with E-state index in [9.17, 15) is 9.18 Å². The molecule has 16 heavy (non-hydrogen) atoms. The molecule has 1 N–H and O–H groups in total. The molecule has 0 saturated heterocycles. The van der Waals surface area contributed by atoms with E-state index in [1.165, 1.54) is 6.07 Å². The molecular formula is C12H14BrFO2. The van der Waals surface area contributed by atoms with Gasteiger partial charge in [-0.15, -0.1) is 0 Å². The molecular weight excluding hydrogens is 275 g/mol. The Labute approximate surface area is 103 Å². The van der Waals surface area contributed by atoms with Crippen LogP contribution in [0.4, 0.5) is 4.39 Å². The minimum Gasteiger partial charge on any atom is -0.481 e. The lowest BCUT2D eigenvalue weighted by atomic mass is 9.90. The Bertz CT molecular complexity index is 393. The predicted molar refractivity (Wildman–Crippen MR) is 63.8 cm³/mol. The van der Waals surface area contributed by atoms with Crippen molar-refractivity contribution in [1.82, 2.24) is 0 Å². The van der Waals surface area contributed by atoms with Crippen molar-refractivity contribution in [1.29, 1.82) is 0 Å². The van der Waals surface area contributed by atoms with Crippen LogP contribution < -0.4 is 0 Å². The van der Waals surface area contributed by atoms with E-state index < -0.39 is 11.9 Å². The van der Waals surface area contributed by atoms with Gasteiger partial charge < -0.3 is 5.11 Å². The fourth-order valence-electron chi connectivity index (χ4n) is 1.46. The van der Waals surface area contributed by atoms with Crippen LogP contribution in [-0.2, 0) is 11.2 Å². The molecule has 0 aliphatic carbocycles. The molecule has 0 spiro atoms. The third-order valence-electron chi connectivity index (χ3n) is 2.78. The van der Waals surface area contributed by atoms with Crippen LogP contribution in [0.2, 0.25) is 0 Å². The summed E-state index contributed by atoms with van der Waals surface area (Å²) in [5.41, 5.74) is 0.939. The summed E-state index contributed by atoms with van der Waals surface area (Å²) in [6, 6.07) is 4.77. The molecule has 0 heterocycles. The fraction of sp³-hybridized carbons (Fsp3) is 0.417. The average molecular weight is 289 g/mol. The van der Waals surface area contributed by atoms with E-state index in [1.807, 2.05) is 6.92 Å². The van der Waals surface area contributed by atoms with E-state index in [0.29, 0.717) is 10.9 Å². The summed E-state index contributed by atoms with van der Waals surface area (Å²) in [5, 5.41) is 8.86. The Balaban J connectivity index is 2.73. The summed E-state index contributed by atoms with van der Waals surface area (Å²) < 4.78 is 13.4. The molecule has 0 saturated carbocycles. The highest BCUT2D eigenvalue weighted by Crippen LogP contribution is 2.21. The first-order valence-electron chi connectivity index (χ1n) is 5.08. The quantitative estimate of drug-likeness (QED) is 0.921. The normalized spacial score (nSPS) is 14.5. The second kappa shape index (κ2) is 5.43. The number of rotatable bonds is 4. The molecule has 0 aromatic heterocycles. The molecule has 2 atom stereocenters. The van der Waals surface area contributed by atoms with E-state index in [4.69, 9.17) is 5.11 Å². The molecule has 1 rings (SSSR count). The van der Waals surface area contributed by atoms with Gasteiger partial charge in [-0.25, -0.2) is 4.39 Å². The number of benzene rings is 1. The lowest BCUT2D eigenvalue weighted by Gasteiger charge is -2.16. The minimum absolute atomic E-state index is 0.0230. The summed E-state index contributed by atoms with van der Waals surface area (Å²) in [6.45, 7) is 3.57. The second-order valence-corrected chi connectivity index (χ2v) is 4.91. The summed E-state index contributed by atoms with van der Waals surface area (Å²) in [5.74, 6) is -1.48. The second-order valence-electron chi connectivity index (χ2n) is 4.06. The van der Waals surface area contributed by atoms with Crippen LogP contribution in [0.3, 0.4) is 0 Å². The van der Waals surface area contributed by atoms with E-state index in [0.717, 1.165) is 5.56 Å². The molecule has 88 valence electrons. The predicted octanol–water partition coefficient (Wildman–Crippen LogP) is 3.49. The van der Waals surface area contributed by atoms with Crippen LogP contribution in [-0.4, -0.2) is 11.1 Å². The van der Waals surface area contributed by atoms with Crippen molar-refractivity contribution in [2.75, 3.05) is 0 Å². The molecule has 0 radical (unpaired) electrons. The van der Waals surface area contributed by atoms with Crippen LogP contribution >= 0.6 is 15.9 Å². The summed E-state index contributed by atoms with van der Waals surface area (Å²) in [6.07, 6.45) is 0.631. The number of carboxylic acid groups (broad SMARTS) is 1. The van der Waals surface area contributed by atoms with Crippen molar-refractivity contribution < 1.29 is 14.3 Å². The van der Waals surface area contributed by atoms with Crippen molar-refractivity contribution in [3.63, 3.8) is 0 Å². The number of hydrogen-bond donors (Lipinski definition) is 1. The number of carboxylic acids is 1. The fourth-order valence-corrected chi connectivity index (χ4v) is 1.88. The van der Waals surface area contributed by atoms with Crippen molar-refractivity contribution >= 4 is 21.9 Å². The number of halogens is 2. The zero-order chi connectivity index (χ0) is 12.3. The van der Waals surface area contributed by atoms with E-state index >= 15 is 0 Å². The maximum atomic E-state index is 13.0. The molecule has 1 aromatic rings. The Morgan fingerprint density at radius 3 is 2.62 bits per heavy atom. The van der Waals surface area contributed by atoms with Crippen LogP contribution in [0.25, 0.3) is 0 Å². The highest BCUT2D eigenvalue weighted by Gasteiger charge is 2.19. The van der Waals surface area contributed by atoms with Gasteiger partial charge in [0.05, 0.1) is 10.4 Å². The number of hydrogen-bond acceptors (Lipinski definition) is 1. The molecule has 2 unspecified atom stereocenters. The van der Waals surface area contributed by atoms with Gasteiger partial charge in [-0.3, -0.25) is 4.79 Å². The van der Waals surface area contributed by atoms with Gasteiger partial charge in [0.1, 0.15) is 5.82 Å². The van der Waals surface area contributed by atoms with Crippen molar-refractivity contribution in [2.24, 2.45) is 11.8 Å². The average Bonchev–Trinajstić information content (AvgIpc) is 2.22. The van der Waals surface area contributed by atoms with Gasteiger partial charge in [0.15, 0.2) is 0 Å². The molecule has 0 fully saturated rings. The Morgan fingerprint density at radius 2 is 2.12 bits per heavy atom. The van der Waals surface area contributed by atoms with Crippen LogP contribution in [0, 0.1) is 17.7 Å². The minimum atomic E-state index is -0.798. The van der Waals surface area contributed by atoms with Crippen LogP contribution in [0.1, 0.15) is 19.4 Å². The van der Waals surface area contributed by atoms with Gasteiger partial charge in [-0.05, 0) is 46.0 Å². The molecule has 4 heteroatoms. The molecule has 1 aromatic carbocycles. The monoisotopic (exact) mass is 288 g/mol. The Kier molecular flexibility index (Phi) is 4.47.